The average molecular weight is 435 g/mol. The third-order valence-electron chi connectivity index (χ3n) is 4.70. The number of aliphatic carboxylic acids is 1. The molecule has 7 nitrogen and oxygen atoms in total. The minimum absolute atomic E-state index is 0.178. The molecule has 0 saturated carbocycles. The van der Waals surface area contributed by atoms with Gasteiger partial charge in [-0.2, -0.15) is 8.42 Å². The van der Waals surface area contributed by atoms with Gasteiger partial charge in [0.25, 0.3) is 10.1 Å². The van der Waals surface area contributed by atoms with Crippen molar-refractivity contribution >= 4 is 22.1 Å². The van der Waals surface area contributed by atoms with E-state index in [1.165, 1.54) is 51.4 Å². The van der Waals surface area contributed by atoms with Gasteiger partial charge in [0.15, 0.2) is 0 Å². The van der Waals surface area contributed by atoms with Crippen LogP contribution in [0.4, 0.5) is 0 Å². The van der Waals surface area contributed by atoms with Crippen molar-refractivity contribution in [2.24, 2.45) is 0 Å². The molecule has 0 spiro atoms. The van der Waals surface area contributed by atoms with Gasteiger partial charge in [0.05, 0.1) is 5.75 Å². The molecular weight excluding hydrogens is 396 g/mol. The summed E-state index contributed by atoms with van der Waals surface area (Å²) in [5.74, 6) is -2.38. The molecule has 0 fully saturated rings. The number of carboxylic acid groups (broad SMARTS) is 1. The minimum Gasteiger partial charge on any atom is -0.478 e. The number of esters is 1. The van der Waals surface area contributed by atoms with Crippen LogP contribution < -0.4 is 0 Å². The van der Waals surface area contributed by atoms with Crippen molar-refractivity contribution in [2.75, 3.05) is 5.75 Å². The Morgan fingerprint density at radius 3 is 1.79 bits per heavy atom. The maximum Gasteiger partial charge on any atom is 0.331 e. The number of hydrogen-bond donors (Lipinski definition) is 2. The van der Waals surface area contributed by atoms with Crippen molar-refractivity contribution in [1.82, 2.24) is 0 Å². The van der Waals surface area contributed by atoms with E-state index >= 15 is 0 Å². The van der Waals surface area contributed by atoms with Gasteiger partial charge in [0, 0.05) is 12.2 Å². The molecule has 0 aliphatic heterocycles. The predicted molar refractivity (Wildman–Crippen MR) is 113 cm³/mol. The molecule has 0 aromatic heterocycles. The lowest BCUT2D eigenvalue weighted by Gasteiger charge is -2.16. The number of ether oxygens (including phenoxy) is 1. The van der Waals surface area contributed by atoms with E-state index in [1.54, 1.807) is 0 Å². The smallest absolute Gasteiger partial charge is 0.331 e. The molecule has 0 heterocycles. The standard InChI is InChI=1S/C21H38O7S/c1-2-3-4-5-6-7-8-9-10-11-12-14-19(15-13-18-29(25,26)27)28-21(24)17-16-20(22)23/h16-17,19H,2-15,18H2,1H3,(H,22,23)(H,25,26,27)/b17-16-. The van der Waals surface area contributed by atoms with E-state index in [1.807, 2.05) is 0 Å². The van der Waals surface area contributed by atoms with E-state index in [2.05, 4.69) is 6.92 Å². The molecule has 0 aliphatic carbocycles. The molecule has 2 N–H and O–H groups in total. The van der Waals surface area contributed by atoms with Gasteiger partial charge in [0.2, 0.25) is 0 Å². The lowest BCUT2D eigenvalue weighted by atomic mass is 10.0. The second-order valence-corrected chi connectivity index (χ2v) is 9.06. The molecule has 8 heteroatoms. The first-order chi connectivity index (χ1) is 13.7. The van der Waals surface area contributed by atoms with Crippen LogP contribution in [-0.2, 0) is 24.4 Å². The van der Waals surface area contributed by atoms with Crippen LogP contribution in [0.3, 0.4) is 0 Å². The van der Waals surface area contributed by atoms with Crippen LogP contribution in [0.25, 0.3) is 0 Å². The fourth-order valence-corrected chi connectivity index (χ4v) is 3.67. The van der Waals surface area contributed by atoms with Gasteiger partial charge in [-0.25, -0.2) is 9.59 Å². The third-order valence-corrected chi connectivity index (χ3v) is 5.51. The number of carboxylic acids is 1. The summed E-state index contributed by atoms with van der Waals surface area (Å²) >= 11 is 0. The Bertz CT molecular complexity index is 570. The Balaban J connectivity index is 4.06. The quantitative estimate of drug-likeness (QED) is 0.128. The van der Waals surface area contributed by atoms with Gasteiger partial charge < -0.3 is 9.84 Å². The summed E-state index contributed by atoms with van der Waals surface area (Å²) in [6.07, 6.45) is 15.3. The van der Waals surface area contributed by atoms with Crippen LogP contribution in [-0.4, -0.2) is 41.9 Å². The first-order valence-electron chi connectivity index (χ1n) is 10.8. The van der Waals surface area contributed by atoms with Crippen molar-refractivity contribution < 1.29 is 32.4 Å². The van der Waals surface area contributed by atoms with Crippen LogP contribution in [0.2, 0.25) is 0 Å². The average Bonchev–Trinajstić information content (AvgIpc) is 2.63. The highest BCUT2D eigenvalue weighted by atomic mass is 32.2. The van der Waals surface area contributed by atoms with Crippen LogP contribution in [0.5, 0.6) is 0 Å². The van der Waals surface area contributed by atoms with Crippen LogP contribution in [0, 0.1) is 0 Å². The van der Waals surface area contributed by atoms with E-state index in [0.717, 1.165) is 25.3 Å². The molecule has 29 heavy (non-hydrogen) atoms. The summed E-state index contributed by atoms with van der Waals surface area (Å²) in [7, 11) is -4.05. The fourth-order valence-electron chi connectivity index (χ4n) is 3.13. The monoisotopic (exact) mass is 434 g/mol. The zero-order chi connectivity index (χ0) is 22.0. The molecule has 1 unspecified atom stereocenters. The van der Waals surface area contributed by atoms with Gasteiger partial charge in [-0.05, 0) is 25.7 Å². The number of carbonyl (C=O) groups is 2. The molecular formula is C21H38O7S. The minimum atomic E-state index is -4.05. The SMILES string of the molecule is CCCCCCCCCCCCCC(CCCS(=O)(=O)O)OC(=O)/C=C\C(=O)O. The van der Waals surface area contributed by atoms with E-state index in [0.29, 0.717) is 18.9 Å². The second-order valence-electron chi connectivity index (χ2n) is 7.48. The van der Waals surface area contributed by atoms with Crippen molar-refractivity contribution in [3.8, 4) is 0 Å². The van der Waals surface area contributed by atoms with Gasteiger partial charge in [-0.3, -0.25) is 4.55 Å². The van der Waals surface area contributed by atoms with Crippen LogP contribution in [0.1, 0.15) is 96.8 Å². The number of rotatable bonds is 19. The van der Waals surface area contributed by atoms with Crippen molar-refractivity contribution in [2.45, 2.75) is 103 Å². The van der Waals surface area contributed by atoms with E-state index < -0.39 is 28.2 Å². The topological polar surface area (TPSA) is 118 Å². The number of carbonyl (C=O) groups excluding carboxylic acids is 1. The highest BCUT2D eigenvalue weighted by molar-refractivity contribution is 7.85. The Morgan fingerprint density at radius 1 is 0.828 bits per heavy atom. The lowest BCUT2D eigenvalue weighted by Crippen LogP contribution is -2.18. The summed E-state index contributed by atoms with van der Waals surface area (Å²) in [5, 5.41) is 8.55. The Morgan fingerprint density at radius 2 is 1.31 bits per heavy atom. The normalized spacial score (nSPS) is 12.9. The van der Waals surface area contributed by atoms with Gasteiger partial charge >= 0.3 is 11.9 Å². The molecule has 0 radical (unpaired) electrons. The lowest BCUT2D eigenvalue weighted by molar-refractivity contribution is -0.144. The largest absolute Gasteiger partial charge is 0.478 e. The maximum absolute atomic E-state index is 11.7. The number of hydrogen-bond acceptors (Lipinski definition) is 5. The molecule has 0 aromatic carbocycles. The first-order valence-corrected chi connectivity index (χ1v) is 12.4. The molecule has 1 atom stereocenters. The van der Waals surface area contributed by atoms with Crippen molar-refractivity contribution in [3.63, 3.8) is 0 Å². The Labute approximate surface area is 175 Å². The zero-order valence-corrected chi connectivity index (χ0v) is 18.5. The fraction of sp³-hybridized carbons (Fsp3) is 0.810. The van der Waals surface area contributed by atoms with Crippen LogP contribution in [0.15, 0.2) is 12.2 Å². The second kappa shape index (κ2) is 17.4. The summed E-state index contributed by atoms with van der Waals surface area (Å²) < 4.78 is 35.8. The Kier molecular flexibility index (Phi) is 16.6. The summed E-state index contributed by atoms with van der Waals surface area (Å²) in [5.41, 5.74) is 0. The van der Waals surface area contributed by atoms with Crippen LogP contribution >= 0.6 is 0 Å². The highest BCUT2D eigenvalue weighted by Gasteiger charge is 2.15. The van der Waals surface area contributed by atoms with E-state index in [9.17, 15) is 18.0 Å². The summed E-state index contributed by atoms with van der Waals surface area (Å²) in [6.45, 7) is 2.22. The molecule has 0 rings (SSSR count). The molecule has 0 amide bonds. The van der Waals surface area contributed by atoms with E-state index in [-0.39, 0.29) is 12.2 Å². The van der Waals surface area contributed by atoms with Gasteiger partial charge in [-0.1, -0.05) is 71.1 Å². The van der Waals surface area contributed by atoms with Crippen molar-refractivity contribution in [1.29, 1.82) is 0 Å². The first kappa shape index (κ1) is 27.6. The number of unbranched alkanes of at least 4 members (excludes halogenated alkanes) is 10. The zero-order valence-electron chi connectivity index (χ0n) is 17.7. The van der Waals surface area contributed by atoms with E-state index in [4.69, 9.17) is 14.4 Å². The Hall–Kier alpha value is -1.41. The molecule has 0 aromatic rings. The summed E-state index contributed by atoms with van der Waals surface area (Å²) in [6, 6.07) is 0. The third kappa shape index (κ3) is 21.1. The molecule has 0 saturated heterocycles. The molecule has 170 valence electrons. The maximum atomic E-state index is 11.7. The summed E-state index contributed by atoms with van der Waals surface area (Å²) in [4.78, 5) is 22.1. The molecule has 0 aliphatic rings. The molecule has 0 bridgehead atoms. The predicted octanol–water partition coefficient (Wildman–Crippen LogP) is 4.91. The highest BCUT2D eigenvalue weighted by Crippen LogP contribution is 2.16. The van der Waals surface area contributed by atoms with Gasteiger partial charge in [0.1, 0.15) is 6.10 Å². The van der Waals surface area contributed by atoms with Crippen molar-refractivity contribution in [3.05, 3.63) is 12.2 Å². The van der Waals surface area contributed by atoms with Gasteiger partial charge in [-0.15, -0.1) is 0 Å².